The number of hydrogen-bond acceptors (Lipinski definition) is 5. The molecule has 0 aliphatic carbocycles. The molecule has 1 saturated heterocycles. The van der Waals surface area contributed by atoms with Crippen molar-refractivity contribution in [3.8, 4) is 0 Å². The summed E-state index contributed by atoms with van der Waals surface area (Å²) in [6.45, 7) is 10.0. The van der Waals surface area contributed by atoms with Crippen LogP contribution in [0.25, 0.3) is 0 Å². The number of carbonyl (C=O) groups is 1. The first-order valence-corrected chi connectivity index (χ1v) is 13.3. The molecule has 2 aromatic carbocycles. The summed E-state index contributed by atoms with van der Waals surface area (Å²) in [5.74, 6) is -0.809. The average Bonchev–Trinajstić information content (AvgIpc) is 3.18. The number of nitrogens with zero attached hydrogens (tertiary/aromatic N) is 2. The zero-order valence-electron chi connectivity index (χ0n) is 19.3. The normalized spacial score (nSPS) is 16.1. The van der Waals surface area contributed by atoms with Crippen LogP contribution in [-0.2, 0) is 9.53 Å². The van der Waals surface area contributed by atoms with Crippen LogP contribution in [-0.4, -0.2) is 30.6 Å². The lowest BCUT2D eigenvalue weighted by Crippen LogP contribution is -2.31. The Kier molecular flexibility index (Phi) is 8.72. The van der Waals surface area contributed by atoms with E-state index >= 15 is 0 Å². The Balaban J connectivity index is 1.99. The zero-order valence-corrected chi connectivity index (χ0v) is 20.2. The molecule has 2 aromatic rings. The smallest absolute Gasteiger partial charge is 0.313 e. The van der Waals surface area contributed by atoms with Gasteiger partial charge in [0.25, 0.3) is 0 Å². The lowest BCUT2D eigenvalue weighted by atomic mass is 10.0. The maximum absolute atomic E-state index is 13.0. The van der Waals surface area contributed by atoms with Gasteiger partial charge in [0.15, 0.2) is 7.79 Å². The number of unbranched alkanes of at least 4 members (excludes halogenated alkanes) is 3. The van der Waals surface area contributed by atoms with Crippen molar-refractivity contribution in [2.45, 2.75) is 46.0 Å². The zero-order chi connectivity index (χ0) is 23.0. The van der Waals surface area contributed by atoms with Gasteiger partial charge < -0.3 is 19.0 Å². The Bertz CT molecular complexity index is 828. The van der Waals surface area contributed by atoms with Gasteiger partial charge in [0.05, 0.1) is 12.5 Å². The van der Waals surface area contributed by atoms with Crippen LogP contribution in [0, 0.1) is 5.92 Å². The molecule has 1 N–H and O–H groups in total. The molecule has 5 nitrogen and oxygen atoms in total. The van der Waals surface area contributed by atoms with Gasteiger partial charge in [-0.2, -0.15) is 0 Å². The summed E-state index contributed by atoms with van der Waals surface area (Å²) in [6, 6.07) is 19.9. The molecule has 6 heteroatoms. The number of hydrogen-bond donors (Lipinski definition) is 1. The molecule has 0 amide bonds. The predicted molar refractivity (Wildman–Crippen MR) is 135 cm³/mol. The van der Waals surface area contributed by atoms with Gasteiger partial charge in [-0.15, -0.1) is 0 Å². The fraction of sp³-hybridized carbons (Fsp3) is 0.423. The van der Waals surface area contributed by atoms with Crippen LogP contribution in [0.3, 0.4) is 0 Å². The number of ether oxygens (including phenoxy) is 1. The van der Waals surface area contributed by atoms with Crippen LogP contribution < -0.4 is 9.34 Å². The summed E-state index contributed by atoms with van der Waals surface area (Å²) in [6.07, 6.45) is 4.87. The van der Waals surface area contributed by atoms with E-state index in [1.54, 1.807) is 0 Å². The minimum atomic E-state index is -3.09. The molecule has 0 aromatic heterocycles. The molecule has 3 rings (SSSR count). The fourth-order valence-corrected chi connectivity index (χ4v) is 7.52. The van der Waals surface area contributed by atoms with E-state index < -0.39 is 13.7 Å². The highest BCUT2D eigenvalue weighted by Crippen LogP contribution is 2.73. The third-order valence-electron chi connectivity index (χ3n) is 6.01. The Morgan fingerprint density at radius 3 is 1.97 bits per heavy atom. The summed E-state index contributed by atoms with van der Waals surface area (Å²) in [4.78, 5) is 25.5. The number of esters is 1. The van der Waals surface area contributed by atoms with Crippen LogP contribution >= 0.6 is 7.79 Å². The number of para-hydroxylation sites is 2. The highest BCUT2D eigenvalue weighted by Gasteiger charge is 2.50. The molecule has 1 atom stereocenters. The van der Waals surface area contributed by atoms with Crippen LogP contribution in [0.5, 0.6) is 0 Å². The first-order chi connectivity index (χ1) is 15.5. The quantitative estimate of drug-likeness (QED) is 0.240. The standard InChI is InChI=1S/C26H36N2O3P/c1-4-6-7-14-19-25(26(29)31-5-2)22(3)32(30)27(23-15-10-8-11-16-23)20-21-28(32)24-17-12-9-13-18-24/h8-13,15-18,25,30H,3-7,14,19-21H2,1-2H3. The van der Waals surface area contributed by atoms with Crippen LogP contribution in [0.1, 0.15) is 46.0 Å². The van der Waals surface area contributed by atoms with Crippen molar-refractivity contribution in [1.29, 1.82) is 0 Å². The van der Waals surface area contributed by atoms with E-state index in [2.05, 4.69) is 22.8 Å². The topological polar surface area (TPSA) is 53.0 Å². The summed E-state index contributed by atoms with van der Waals surface area (Å²) < 4.78 is 9.55. The van der Waals surface area contributed by atoms with Gasteiger partial charge in [0.2, 0.25) is 0 Å². The van der Waals surface area contributed by atoms with Crippen molar-refractivity contribution in [3.63, 3.8) is 0 Å². The molecule has 1 unspecified atom stereocenters. The van der Waals surface area contributed by atoms with Gasteiger partial charge in [-0.3, -0.25) is 4.79 Å². The van der Waals surface area contributed by atoms with Gasteiger partial charge in [0.1, 0.15) is 0 Å². The number of benzene rings is 2. The number of carbonyl (C=O) groups excluding carboxylic acids is 1. The SMILES string of the molecule is C=C(C(CCCCCC)C(=O)OCC)[P]1(O)N(c2ccccc2)CCN1c1ccccc1. The van der Waals surface area contributed by atoms with Crippen molar-refractivity contribution >= 4 is 25.1 Å². The fourth-order valence-electron chi connectivity index (χ4n) is 4.34. The lowest BCUT2D eigenvalue weighted by molar-refractivity contribution is -0.146. The summed E-state index contributed by atoms with van der Waals surface area (Å²) in [5, 5.41) is 0.581. The van der Waals surface area contributed by atoms with Crippen molar-refractivity contribution in [2.24, 2.45) is 5.92 Å². The molecule has 1 aliphatic heterocycles. The first kappa shape index (κ1) is 24.3. The average molecular weight is 456 g/mol. The predicted octanol–water partition coefficient (Wildman–Crippen LogP) is 6.43. The maximum Gasteiger partial charge on any atom is 0.313 e. The van der Waals surface area contributed by atoms with E-state index in [-0.39, 0.29) is 5.97 Å². The Morgan fingerprint density at radius 2 is 1.50 bits per heavy atom. The Labute approximate surface area is 193 Å². The van der Waals surface area contributed by atoms with Crippen molar-refractivity contribution in [2.75, 3.05) is 29.0 Å². The molecule has 173 valence electrons. The molecule has 0 bridgehead atoms. The second-order valence-corrected chi connectivity index (χ2v) is 10.8. The molecule has 1 heterocycles. The van der Waals surface area contributed by atoms with Crippen molar-refractivity contribution < 1.29 is 14.4 Å². The highest BCUT2D eigenvalue weighted by molar-refractivity contribution is 7.77. The minimum absolute atomic E-state index is 0.282. The largest absolute Gasteiger partial charge is 0.466 e. The Morgan fingerprint density at radius 1 is 0.969 bits per heavy atom. The molecule has 0 spiro atoms. The van der Waals surface area contributed by atoms with Gasteiger partial charge in [-0.05, 0) is 37.6 Å². The minimum Gasteiger partial charge on any atom is -0.466 e. The molecule has 1 radical (unpaired) electrons. The number of rotatable bonds is 11. The second-order valence-electron chi connectivity index (χ2n) is 8.13. The summed E-state index contributed by atoms with van der Waals surface area (Å²) in [5.41, 5.74) is 1.88. The first-order valence-electron chi connectivity index (χ1n) is 11.7. The monoisotopic (exact) mass is 455 g/mol. The van der Waals surface area contributed by atoms with E-state index in [0.29, 0.717) is 31.4 Å². The van der Waals surface area contributed by atoms with Crippen LogP contribution in [0.2, 0.25) is 0 Å². The third-order valence-corrected chi connectivity index (χ3v) is 9.30. The Hall–Kier alpha value is -2.36. The second kappa shape index (κ2) is 11.5. The molecule has 1 aliphatic rings. The van der Waals surface area contributed by atoms with E-state index in [1.807, 2.05) is 67.6 Å². The summed E-state index contributed by atoms with van der Waals surface area (Å²) in [7, 11) is -3.09. The van der Waals surface area contributed by atoms with Crippen molar-refractivity contribution in [1.82, 2.24) is 0 Å². The maximum atomic E-state index is 13.0. The lowest BCUT2D eigenvalue weighted by Gasteiger charge is -2.45. The molecule has 32 heavy (non-hydrogen) atoms. The molecule has 0 saturated carbocycles. The van der Waals surface area contributed by atoms with Gasteiger partial charge in [0, 0.05) is 29.8 Å². The van der Waals surface area contributed by atoms with E-state index in [9.17, 15) is 9.69 Å². The summed E-state index contributed by atoms with van der Waals surface area (Å²) >= 11 is 0. The van der Waals surface area contributed by atoms with E-state index in [0.717, 1.165) is 37.1 Å². The van der Waals surface area contributed by atoms with Crippen LogP contribution in [0.4, 0.5) is 11.4 Å². The molecule has 1 fully saturated rings. The molecular weight excluding hydrogens is 419 g/mol. The van der Waals surface area contributed by atoms with Gasteiger partial charge in [-0.25, -0.2) is 0 Å². The van der Waals surface area contributed by atoms with Gasteiger partial charge >= 0.3 is 5.97 Å². The van der Waals surface area contributed by atoms with E-state index in [1.165, 1.54) is 0 Å². The van der Waals surface area contributed by atoms with Gasteiger partial charge in [-0.1, -0.05) is 75.6 Å². The highest BCUT2D eigenvalue weighted by atomic mass is 31.2. The van der Waals surface area contributed by atoms with Crippen LogP contribution in [0.15, 0.2) is 72.6 Å². The number of anilines is 2. The third kappa shape index (κ3) is 5.16. The molecular formula is C26H36N2O3P. The van der Waals surface area contributed by atoms with Crippen molar-refractivity contribution in [3.05, 3.63) is 72.6 Å². The van der Waals surface area contributed by atoms with E-state index in [4.69, 9.17) is 4.74 Å².